The van der Waals surface area contributed by atoms with Gasteiger partial charge in [-0.3, -0.25) is 4.57 Å². The molecule has 0 aliphatic heterocycles. The summed E-state index contributed by atoms with van der Waals surface area (Å²) in [4.78, 5) is 11.1. The van der Waals surface area contributed by atoms with E-state index in [1.165, 1.54) is 36.1 Å². The zero-order valence-electron chi connectivity index (χ0n) is 27.6. The monoisotopic (exact) mass is 699 g/mol. The highest BCUT2D eigenvalue weighted by Crippen LogP contribution is 2.41. The summed E-state index contributed by atoms with van der Waals surface area (Å²) in [6.07, 6.45) is 6.31. The molecule has 1 aliphatic rings. The number of azo groups is 1. The van der Waals surface area contributed by atoms with Gasteiger partial charge < -0.3 is 61.8 Å². The normalized spacial score (nSPS) is 12.9. The van der Waals surface area contributed by atoms with Crippen molar-refractivity contribution in [3.05, 3.63) is 77.2 Å². The van der Waals surface area contributed by atoms with E-state index in [0.717, 1.165) is 24.1 Å². The van der Waals surface area contributed by atoms with E-state index in [-0.39, 0.29) is 34.4 Å². The number of carboxylic acid groups (broad SMARTS) is 1. The first-order chi connectivity index (χ1) is 23.8. The minimum atomic E-state index is -1.21. The Morgan fingerprint density at radius 1 is 0.820 bits per heavy atom. The number of aromatic nitrogens is 1. The van der Waals surface area contributed by atoms with E-state index in [4.69, 9.17) is 51.6 Å². The molecule has 0 amide bonds. The lowest BCUT2D eigenvalue weighted by Gasteiger charge is -2.20. The first-order valence-electron chi connectivity index (χ1n) is 15.6. The van der Waals surface area contributed by atoms with Gasteiger partial charge in [-0.1, -0.05) is 12.1 Å². The third kappa shape index (κ3) is 9.74. The van der Waals surface area contributed by atoms with Crippen molar-refractivity contribution in [2.75, 3.05) is 39.6 Å². The van der Waals surface area contributed by atoms with Crippen LogP contribution in [0.15, 0.2) is 69.4 Å². The number of aromatic hydroxyl groups is 2. The number of aryl methyl sites for hydroxylation is 3. The van der Waals surface area contributed by atoms with Gasteiger partial charge in [-0.25, -0.2) is 4.79 Å². The zero-order chi connectivity index (χ0) is 37.1. The Morgan fingerprint density at radius 3 is 1.92 bits per heavy atom. The predicted molar refractivity (Wildman–Crippen MR) is 182 cm³/mol. The molecule has 0 radical (unpaired) electrons. The van der Waals surface area contributed by atoms with E-state index in [9.17, 15) is 15.0 Å². The van der Waals surface area contributed by atoms with Crippen LogP contribution in [0.2, 0.25) is 0 Å². The number of hydrogen-bond donors (Lipinski definition) is 11. The number of nitrogens with two attached hydrogens (primary N) is 2. The van der Waals surface area contributed by atoms with Crippen LogP contribution in [0, 0.1) is 6.92 Å². The van der Waals surface area contributed by atoms with E-state index in [1.807, 2.05) is 13.0 Å². The van der Waals surface area contributed by atoms with Crippen LogP contribution in [-0.2, 0) is 12.8 Å². The van der Waals surface area contributed by atoms with E-state index in [2.05, 4.69) is 22.4 Å². The van der Waals surface area contributed by atoms with Gasteiger partial charge >= 0.3 is 5.97 Å². The van der Waals surface area contributed by atoms with Gasteiger partial charge in [0.05, 0.1) is 56.3 Å². The Labute approximate surface area is 287 Å². The molecule has 0 atom stereocenters. The molecule has 0 unspecified atom stereocenters. The van der Waals surface area contributed by atoms with Crippen molar-refractivity contribution < 1.29 is 55.2 Å². The van der Waals surface area contributed by atoms with Gasteiger partial charge in [0.2, 0.25) is 11.6 Å². The number of rotatable bonds is 11. The molecule has 5 rings (SSSR count). The largest absolute Gasteiger partial charge is 0.505 e. The molecule has 1 aliphatic carbocycles. The Bertz CT molecular complexity index is 1710. The second kappa shape index (κ2) is 17.8. The number of phenolic OH excluding ortho intramolecular Hbond substituents is 1. The molecular weight excluding hydrogens is 654 g/mol. The number of nitrogens with zero attached hydrogens (tertiary/aromatic N) is 3. The first kappa shape index (κ1) is 39.8. The van der Waals surface area contributed by atoms with E-state index in [0.29, 0.717) is 5.69 Å². The molecule has 0 bridgehead atoms. The molecule has 4 aromatic rings. The number of fused-ring (bicyclic) bond motifs is 1. The van der Waals surface area contributed by atoms with Crippen LogP contribution in [0.25, 0.3) is 17.0 Å². The number of hydrogen-bond acceptors (Lipinski definition) is 14. The number of aromatic carboxylic acids is 1. The highest BCUT2D eigenvalue weighted by Gasteiger charge is 2.22. The van der Waals surface area contributed by atoms with Crippen LogP contribution in [0.3, 0.4) is 0 Å². The quantitative estimate of drug-likeness (QED) is 0.0996. The topological polar surface area (TPSA) is 294 Å². The van der Waals surface area contributed by atoms with Gasteiger partial charge in [-0.15, -0.1) is 10.2 Å². The minimum absolute atomic E-state index is 0.0372. The fraction of sp³-hybridized carbons (Fsp3) is 0.382. The van der Waals surface area contributed by atoms with Crippen molar-refractivity contribution in [1.82, 2.24) is 4.57 Å². The summed E-state index contributed by atoms with van der Waals surface area (Å²) in [6, 6.07) is 13.8. The van der Waals surface area contributed by atoms with Crippen molar-refractivity contribution in [2.45, 2.75) is 43.7 Å². The Kier molecular flexibility index (Phi) is 14.2. The van der Waals surface area contributed by atoms with Crippen LogP contribution in [-0.4, -0.2) is 107 Å². The second-order valence-corrected chi connectivity index (χ2v) is 12.0. The Balaban J connectivity index is 0.000000352. The smallest absolute Gasteiger partial charge is 0.371 e. The molecule has 0 fully saturated rings. The molecule has 2 heterocycles. The van der Waals surface area contributed by atoms with Gasteiger partial charge in [0.1, 0.15) is 11.4 Å². The molecule has 0 spiro atoms. The lowest BCUT2D eigenvalue weighted by molar-refractivity contribution is 0.0662. The summed E-state index contributed by atoms with van der Waals surface area (Å²) in [5, 5.41) is 89.0. The maximum Gasteiger partial charge on any atom is 0.371 e. The van der Waals surface area contributed by atoms with Crippen molar-refractivity contribution in [3.8, 4) is 28.6 Å². The molecule has 2 aromatic heterocycles. The third-order valence-corrected chi connectivity index (χ3v) is 7.99. The van der Waals surface area contributed by atoms with Gasteiger partial charge in [0.15, 0.2) is 11.4 Å². The van der Waals surface area contributed by atoms with Crippen molar-refractivity contribution in [2.24, 2.45) is 21.7 Å². The lowest BCUT2D eigenvalue weighted by atomic mass is 9.91. The number of furan rings is 1. The van der Waals surface area contributed by atoms with E-state index in [1.54, 1.807) is 29.0 Å². The maximum atomic E-state index is 11.1. The first-order valence-corrected chi connectivity index (χ1v) is 15.6. The number of phenols is 1. The second-order valence-electron chi connectivity index (χ2n) is 12.0. The number of carboxylic acids is 1. The summed E-state index contributed by atoms with van der Waals surface area (Å²) < 4.78 is 6.97. The Morgan fingerprint density at radius 2 is 1.40 bits per heavy atom. The number of para-hydroxylation sites is 1. The summed E-state index contributed by atoms with van der Waals surface area (Å²) in [5.74, 6) is -1.47. The number of aliphatic hydroxyl groups is 6. The van der Waals surface area contributed by atoms with Crippen LogP contribution < -0.4 is 11.5 Å². The predicted octanol–water partition coefficient (Wildman–Crippen LogP) is 1.77. The van der Waals surface area contributed by atoms with Gasteiger partial charge in [-0.2, -0.15) is 0 Å². The highest BCUT2D eigenvalue weighted by molar-refractivity contribution is 5.85. The average molecular weight is 700 g/mol. The zero-order valence-corrected chi connectivity index (χ0v) is 27.6. The Hall–Kier alpha value is -4.65. The summed E-state index contributed by atoms with van der Waals surface area (Å²) in [7, 11) is 0. The van der Waals surface area contributed by atoms with Crippen LogP contribution in [0.1, 0.15) is 40.1 Å². The molecule has 16 heteroatoms. The summed E-state index contributed by atoms with van der Waals surface area (Å²) in [5.41, 5.74) is 12.9. The summed E-state index contributed by atoms with van der Waals surface area (Å²) >= 11 is 0. The highest BCUT2D eigenvalue weighted by atomic mass is 16.4. The minimum Gasteiger partial charge on any atom is -0.505 e. The van der Waals surface area contributed by atoms with E-state index < -0.39 is 56.7 Å². The average Bonchev–Trinajstić information content (AvgIpc) is 3.75. The summed E-state index contributed by atoms with van der Waals surface area (Å²) in [6.45, 7) is -0.588. The molecule has 13 N–H and O–H groups in total. The number of benzene rings is 2. The maximum absolute atomic E-state index is 11.1. The standard InChI is InChI=1S/C26H23N3O5.2C4H11NO3/c1-15-14-29(18-10-9-16-5-2-3-6-17(16)13-18)25(31)23(15)28-27-20-8-4-7-19(24(20)30)21-11-12-22(34-21)26(32)33;2*5-4(1-6,2-7)3-8/h4,7-14,30-31H,2-3,5-6H2,1H3,(H,32,33);2*6-8H,1-3,5H2. The van der Waals surface area contributed by atoms with Crippen LogP contribution in [0.5, 0.6) is 11.6 Å². The van der Waals surface area contributed by atoms with Crippen LogP contribution >= 0.6 is 0 Å². The van der Waals surface area contributed by atoms with E-state index >= 15 is 0 Å². The fourth-order valence-corrected chi connectivity index (χ4v) is 4.61. The van der Waals surface area contributed by atoms with Gasteiger partial charge in [0.25, 0.3) is 0 Å². The molecule has 16 nitrogen and oxygen atoms in total. The lowest BCUT2D eigenvalue weighted by Crippen LogP contribution is -2.50. The van der Waals surface area contributed by atoms with Crippen molar-refractivity contribution >= 4 is 17.3 Å². The molecule has 0 saturated carbocycles. The fourth-order valence-electron chi connectivity index (χ4n) is 4.61. The molecule has 272 valence electrons. The molecule has 2 aromatic carbocycles. The van der Waals surface area contributed by atoms with Crippen molar-refractivity contribution in [1.29, 1.82) is 0 Å². The van der Waals surface area contributed by atoms with Crippen LogP contribution in [0.4, 0.5) is 11.4 Å². The van der Waals surface area contributed by atoms with Gasteiger partial charge in [-0.05, 0) is 85.7 Å². The molecular formula is C34H45N5O11. The number of aliphatic hydroxyl groups excluding tert-OH is 6. The van der Waals surface area contributed by atoms with Crippen molar-refractivity contribution in [3.63, 3.8) is 0 Å². The SMILES string of the molecule is Cc1cn(-c2ccc3c(c2)CCCC3)c(O)c1N=Nc1cccc(-c2ccc(C(=O)O)o2)c1O.NC(CO)(CO)CO.NC(CO)(CO)CO. The van der Waals surface area contributed by atoms with Gasteiger partial charge in [0, 0.05) is 11.9 Å². The third-order valence-electron chi connectivity index (χ3n) is 7.99. The molecule has 0 saturated heterocycles. The number of carbonyl (C=O) groups is 1. The molecule has 50 heavy (non-hydrogen) atoms.